The molecular formula is C13H10BrClN2O. The van der Waals surface area contributed by atoms with Gasteiger partial charge in [-0.15, -0.1) is 0 Å². The minimum absolute atomic E-state index is 0.217. The van der Waals surface area contributed by atoms with Gasteiger partial charge in [-0.25, -0.2) is 4.98 Å². The fraction of sp³-hybridized carbons (Fsp3) is 0.0769. The number of carbonyl (C=O) groups excluding carboxylic acids is 1. The van der Waals surface area contributed by atoms with E-state index in [1.807, 2.05) is 19.1 Å². The predicted octanol–water partition coefficient (Wildman–Crippen LogP) is 4.06. The molecule has 18 heavy (non-hydrogen) atoms. The number of amides is 1. The van der Waals surface area contributed by atoms with Crippen LogP contribution in [0.15, 0.2) is 40.9 Å². The number of nitrogens with one attached hydrogen (secondary N) is 1. The summed E-state index contributed by atoms with van der Waals surface area (Å²) in [6, 6.07) is 10.5. The molecule has 1 heterocycles. The van der Waals surface area contributed by atoms with Gasteiger partial charge >= 0.3 is 0 Å². The van der Waals surface area contributed by atoms with Gasteiger partial charge in [-0.2, -0.15) is 0 Å². The molecule has 0 radical (unpaired) electrons. The molecule has 0 spiro atoms. The van der Waals surface area contributed by atoms with Crippen molar-refractivity contribution in [1.82, 2.24) is 4.98 Å². The number of hydrogen-bond donors (Lipinski definition) is 1. The highest BCUT2D eigenvalue weighted by Gasteiger charge is 2.08. The van der Waals surface area contributed by atoms with Crippen molar-refractivity contribution in [3.8, 4) is 0 Å². The van der Waals surface area contributed by atoms with E-state index in [1.165, 1.54) is 0 Å². The Morgan fingerprint density at radius 1 is 1.33 bits per heavy atom. The monoisotopic (exact) mass is 324 g/mol. The molecule has 1 aromatic heterocycles. The Bertz CT molecular complexity index is 601. The van der Waals surface area contributed by atoms with Gasteiger partial charge < -0.3 is 5.32 Å². The van der Waals surface area contributed by atoms with Crippen molar-refractivity contribution in [2.75, 3.05) is 5.32 Å². The van der Waals surface area contributed by atoms with Crippen LogP contribution in [0.5, 0.6) is 0 Å². The quantitative estimate of drug-likeness (QED) is 0.905. The van der Waals surface area contributed by atoms with Crippen LogP contribution in [0.1, 0.15) is 16.1 Å². The van der Waals surface area contributed by atoms with Crippen LogP contribution in [0, 0.1) is 6.92 Å². The minimum atomic E-state index is -0.217. The van der Waals surface area contributed by atoms with Gasteiger partial charge in [0.15, 0.2) is 0 Å². The van der Waals surface area contributed by atoms with Gasteiger partial charge in [0.1, 0.15) is 5.82 Å². The lowest BCUT2D eigenvalue weighted by molar-refractivity contribution is 0.102. The van der Waals surface area contributed by atoms with Gasteiger partial charge in [0.05, 0.1) is 5.02 Å². The van der Waals surface area contributed by atoms with Crippen molar-refractivity contribution in [3.05, 3.63) is 57.2 Å². The van der Waals surface area contributed by atoms with Crippen LogP contribution in [0.3, 0.4) is 0 Å². The Morgan fingerprint density at radius 2 is 2.11 bits per heavy atom. The molecule has 5 heteroatoms. The molecule has 92 valence electrons. The largest absolute Gasteiger partial charge is 0.307 e. The lowest BCUT2D eigenvalue weighted by atomic mass is 10.2. The van der Waals surface area contributed by atoms with Crippen molar-refractivity contribution in [3.63, 3.8) is 0 Å². The van der Waals surface area contributed by atoms with Gasteiger partial charge in [0, 0.05) is 15.7 Å². The number of aromatic nitrogens is 1. The molecule has 1 amide bonds. The van der Waals surface area contributed by atoms with Crippen molar-refractivity contribution < 1.29 is 4.79 Å². The Hall–Kier alpha value is -1.39. The number of halogens is 2. The lowest BCUT2D eigenvalue weighted by Crippen LogP contribution is -2.13. The van der Waals surface area contributed by atoms with E-state index < -0.39 is 0 Å². The summed E-state index contributed by atoms with van der Waals surface area (Å²) in [5.74, 6) is 0.316. The first-order valence-corrected chi connectivity index (χ1v) is 6.43. The zero-order valence-electron chi connectivity index (χ0n) is 9.58. The first-order valence-electron chi connectivity index (χ1n) is 5.26. The maximum atomic E-state index is 12.0. The maximum absolute atomic E-state index is 12.0. The van der Waals surface area contributed by atoms with Gasteiger partial charge in [-0.3, -0.25) is 4.79 Å². The summed E-state index contributed by atoms with van der Waals surface area (Å²) < 4.78 is 0.689. The number of pyridine rings is 1. The molecule has 0 saturated carbocycles. The molecule has 0 unspecified atom stereocenters. The first kappa shape index (κ1) is 13.1. The summed E-state index contributed by atoms with van der Waals surface area (Å²) in [5, 5.41) is 3.30. The highest BCUT2D eigenvalue weighted by molar-refractivity contribution is 9.10. The van der Waals surface area contributed by atoms with Crippen LogP contribution in [0.4, 0.5) is 5.82 Å². The molecule has 0 fully saturated rings. The Morgan fingerprint density at radius 3 is 2.78 bits per heavy atom. The smallest absolute Gasteiger partial charge is 0.256 e. The molecule has 1 aromatic carbocycles. The van der Waals surface area contributed by atoms with Crippen molar-refractivity contribution >= 4 is 39.3 Å². The van der Waals surface area contributed by atoms with E-state index in [9.17, 15) is 4.79 Å². The van der Waals surface area contributed by atoms with Crippen LogP contribution >= 0.6 is 27.5 Å². The topological polar surface area (TPSA) is 42.0 Å². The van der Waals surface area contributed by atoms with E-state index in [0.717, 1.165) is 5.69 Å². The fourth-order valence-electron chi connectivity index (χ4n) is 1.44. The average Bonchev–Trinajstić information content (AvgIpc) is 2.32. The zero-order chi connectivity index (χ0) is 13.1. The normalized spacial score (nSPS) is 10.2. The molecule has 3 nitrogen and oxygen atoms in total. The molecule has 1 N–H and O–H groups in total. The molecular weight excluding hydrogens is 316 g/mol. The van der Waals surface area contributed by atoms with Crippen molar-refractivity contribution in [1.29, 1.82) is 0 Å². The van der Waals surface area contributed by atoms with Crippen molar-refractivity contribution in [2.45, 2.75) is 6.92 Å². The number of nitrogens with zero attached hydrogens (tertiary/aromatic N) is 1. The number of benzene rings is 1. The van der Waals surface area contributed by atoms with Crippen LogP contribution < -0.4 is 5.32 Å². The minimum Gasteiger partial charge on any atom is -0.307 e. The standard InChI is InChI=1S/C13H10BrClN2O/c1-8-3-2-4-12(16-8)17-13(18)9-5-6-11(15)10(14)7-9/h2-7H,1H3,(H,16,17,18). The third-order valence-corrected chi connectivity index (χ3v) is 3.53. The van der Waals surface area contributed by atoms with Gasteiger partial charge in [0.2, 0.25) is 0 Å². The zero-order valence-corrected chi connectivity index (χ0v) is 11.9. The van der Waals surface area contributed by atoms with Crippen LogP contribution in [-0.2, 0) is 0 Å². The highest BCUT2D eigenvalue weighted by Crippen LogP contribution is 2.23. The Kier molecular flexibility index (Phi) is 3.99. The van der Waals surface area contributed by atoms with E-state index in [1.54, 1.807) is 24.3 Å². The molecule has 0 aliphatic rings. The van der Waals surface area contributed by atoms with Gasteiger partial charge in [-0.1, -0.05) is 17.7 Å². The summed E-state index contributed by atoms with van der Waals surface area (Å²) in [4.78, 5) is 16.2. The predicted molar refractivity (Wildman–Crippen MR) is 76.1 cm³/mol. The van der Waals surface area contributed by atoms with Crippen LogP contribution in [-0.4, -0.2) is 10.9 Å². The molecule has 0 aliphatic carbocycles. The Labute approximate surface area is 118 Å². The molecule has 2 rings (SSSR count). The molecule has 2 aromatic rings. The third-order valence-electron chi connectivity index (χ3n) is 2.31. The van der Waals surface area contributed by atoms with E-state index in [2.05, 4.69) is 26.2 Å². The fourth-order valence-corrected chi connectivity index (χ4v) is 1.93. The summed E-state index contributed by atoms with van der Waals surface area (Å²) >= 11 is 9.16. The number of carbonyl (C=O) groups is 1. The Balaban J connectivity index is 2.19. The summed E-state index contributed by atoms with van der Waals surface area (Å²) in [6.07, 6.45) is 0. The second-order valence-electron chi connectivity index (χ2n) is 3.75. The lowest BCUT2D eigenvalue weighted by Gasteiger charge is -2.06. The SMILES string of the molecule is Cc1cccc(NC(=O)c2ccc(Cl)c(Br)c2)n1. The van der Waals surface area contributed by atoms with E-state index in [4.69, 9.17) is 11.6 Å². The first-order chi connectivity index (χ1) is 8.56. The number of anilines is 1. The van der Waals surface area contributed by atoms with Crippen molar-refractivity contribution in [2.24, 2.45) is 0 Å². The highest BCUT2D eigenvalue weighted by atomic mass is 79.9. The third kappa shape index (κ3) is 3.09. The average molecular weight is 326 g/mol. The van der Waals surface area contributed by atoms with E-state index in [-0.39, 0.29) is 5.91 Å². The molecule has 0 saturated heterocycles. The molecule has 0 aliphatic heterocycles. The van der Waals surface area contributed by atoms with Gasteiger partial charge in [-0.05, 0) is 53.2 Å². The summed E-state index contributed by atoms with van der Waals surface area (Å²) in [6.45, 7) is 1.87. The molecule has 0 bridgehead atoms. The second kappa shape index (κ2) is 5.50. The van der Waals surface area contributed by atoms with E-state index in [0.29, 0.717) is 20.9 Å². The summed E-state index contributed by atoms with van der Waals surface area (Å²) in [5.41, 5.74) is 1.37. The second-order valence-corrected chi connectivity index (χ2v) is 5.01. The molecule has 0 atom stereocenters. The number of aryl methyl sites for hydroxylation is 1. The summed E-state index contributed by atoms with van der Waals surface area (Å²) in [7, 11) is 0. The van der Waals surface area contributed by atoms with Crippen LogP contribution in [0.2, 0.25) is 5.02 Å². The van der Waals surface area contributed by atoms with Crippen LogP contribution in [0.25, 0.3) is 0 Å². The van der Waals surface area contributed by atoms with E-state index >= 15 is 0 Å². The maximum Gasteiger partial charge on any atom is 0.256 e. The number of rotatable bonds is 2. The van der Waals surface area contributed by atoms with Gasteiger partial charge in [0.25, 0.3) is 5.91 Å². The number of hydrogen-bond acceptors (Lipinski definition) is 2.